The van der Waals surface area contributed by atoms with E-state index in [-0.39, 0.29) is 35.2 Å². The summed E-state index contributed by atoms with van der Waals surface area (Å²) < 4.78 is 38.7. The summed E-state index contributed by atoms with van der Waals surface area (Å²) in [6, 6.07) is 0.758. The fraction of sp³-hybridized carbons (Fsp3) is 0.200. The number of imidazole rings is 1. The number of hydrogen-bond acceptors (Lipinski definition) is 2. The summed E-state index contributed by atoms with van der Waals surface area (Å²) in [6.07, 6.45) is -2.86. The van der Waals surface area contributed by atoms with Crippen LogP contribution in [0.4, 0.5) is 13.2 Å². The van der Waals surface area contributed by atoms with Crippen molar-refractivity contribution in [3.63, 3.8) is 0 Å². The van der Waals surface area contributed by atoms with E-state index in [0.29, 0.717) is 0 Å². The van der Waals surface area contributed by atoms with Gasteiger partial charge in [0.15, 0.2) is 5.65 Å². The molecule has 0 unspecified atom stereocenters. The zero-order valence-corrected chi connectivity index (χ0v) is 10.7. The molecule has 2 rings (SSSR count). The van der Waals surface area contributed by atoms with Gasteiger partial charge >= 0.3 is 12.1 Å². The Morgan fingerprint density at radius 1 is 1.42 bits per heavy atom. The molecule has 1 N–H and O–H groups in total. The summed E-state index contributed by atoms with van der Waals surface area (Å²) in [5, 5.41) is 8.40. The Morgan fingerprint density at radius 3 is 2.58 bits per heavy atom. The van der Waals surface area contributed by atoms with Crippen molar-refractivity contribution in [1.29, 1.82) is 0 Å². The van der Waals surface area contributed by atoms with Crippen molar-refractivity contribution < 1.29 is 23.1 Å². The highest BCUT2D eigenvalue weighted by molar-refractivity contribution is 6.33. The van der Waals surface area contributed by atoms with E-state index >= 15 is 0 Å². The van der Waals surface area contributed by atoms with Gasteiger partial charge in [-0.15, -0.1) is 12.4 Å². The molecule has 0 atom stereocenters. The third-order valence-corrected chi connectivity index (χ3v) is 2.49. The maximum Gasteiger partial charge on any atom is 0.417 e. The SMILES string of the molecule is Cl.O=C(O)Cc1cn2cc(C(F)(F)F)cc(Cl)c2n1. The second-order valence-electron chi connectivity index (χ2n) is 3.61. The molecule has 0 saturated carbocycles. The molecule has 9 heteroatoms. The van der Waals surface area contributed by atoms with Crippen LogP contribution in [0.25, 0.3) is 5.65 Å². The van der Waals surface area contributed by atoms with E-state index in [4.69, 9.17) is 16.7 Å². The maximum absolute atomic E-state index is 12.5. The summed E-state index contributed by atoms with van der Waals surface area (Å²) in [7, 11) is 0. The van der Waals surface area contributed by atoms with Crippen molar-refractivity contribution >= 4 is 35.6 Å². The van der Waals surface area contributed by atoms with E-state index in [2.05, 4.69) is 4.98 Å². The predicted octanol–water partition coefficient (Wildman–Crippen LogP) is 3.06. The summed E-state index contributed by atoms with van der Waals surface area (Å²) in [4.78, 5) is 14.4. The molecule has 19 heavy (non-hydrogen) atoms. The van der Waals surface area contributed by atoms with Gasteiger partial charge < -0.3 is 9.51 Å². The minimum Gasteiger partial charge on any atom is -0.481 e. The lowest BCUT2D eigenvalue weighted by molar-refractivity contribution is -0.138. The highest BCUT2D eigenvalue weighted by Crippen LogP contribution is 2.32. The van der Waals surface area contributed by atoms with Crippen LogP contribution < -0.4 is 0 Å². The highest BCUT2D eigenvalue weighted by atomic mass is 35.5. The smallest absolute Gasteiger partial charge is 0.417 e. The van der Waals surface area contributed by atoms with Crippen LogP contribution in [0.3, 0.4) is 0 Å². The fourth-order valence-corrected chi connectivity index (χ4v) is 1.76. The first-order chi connectivity index (χ1) is 8.27. The molecule has 0 bridgehead atoms. The number of carbonyl (C=O) groups is 1. The Kier molecular flexibility index (Phi) is 4.32. The van der Waals surface area contributed by atoms with Crippen molar-refractivity contribution in [2.24, 2.45) is 0 Å². The number of fused-ring (bicyclic) bond motifs is 1. The Morgan fingerprint density at radius 2 is 2.05 bits per heavy atom. The van der Waals surface area contributed by atoms with E-state index in [1.807, 2.05) is 0 Å². The minimum absolute atomic E-state index is 0. The summed E-state index contributed by atoms with van der Waals surface area (Å²) >= 11 is 5.69. The van der Waals surface area contributed by atoms with Crippen LogP contribution in [0.1, 0.15) is 11.3 Å². The number of rotatable bonds is 2. The Balaban J connectivity index is 0.00000180. The average molecular weight is 315 g/mol. The van der Waals surface area contributed by atoms with Gasteiger partial charge in [-0.05, 0) is 6.07 Å². The van der Waals surface area contributed by atoms with Gasteiger partial charge in [-0.3, -0.25) is 4.79 Å². The molecule has 0 saturated heterocycles. The molecule has 0 aliphatic heterocycles. The molecule has 0 aromatic carbocycles. The number of carboxylic acid groups (broad SMARTS) is 1. The summed E-state index contributed by atoms with van der Waals surface area (Å²) in [5.74, 6) is -1.12. The highest BCUT2D eigenvalue weighted by Gasteiger charge is 2.31. The number of halogens is 5. The lowest BCUT2D eigenvalue weighted by Gasteiger charge is -2.07. The molecule has 4 nitrogen and oxygen atoms in total. The lowest BCUT2D eigenvalue weighted by Crippen LogP contribution is -2.06. The van der Waals surface area contributed by atoms with Gasteiger partial charge in [0.2, 0.25) is 0 Å². The van der Waals surface area contributed by atoms with Crippen LogP contribution >= 0.6 is 24.0 Å². The Labute approximate surface area is 116 Å². The molecule has 0 radical (unpaired) electrons. The molecule has 0 fully saturated rings. The maximum atomic E-state index is 12.5. The van der Waals surface area contributed by atoms with E-state index in [0.717, 1.165) is 16.7 Å². The predicted molar refractivity (Wildman–Crippen MR) is 63.8 cm³/mol. The first kappa shape index (κ1) is 15.6. The third kappa shape index (κ3) is 3.30. The van der Waals surface area contributed by atoms with Crippen LogP contribution in [0, 0.1) is 0 Å². The molecule has 2 aromatic rings. The van der Waals surface area contributed by atoms with Crippen LogP contribution in [-0.4, -0.2) is 20.5 Å². The number of hydrogen-bond donors (Lipinski definition) is 1. The molecule has 2 aromatic heterocycles. The van der Waals surface area contributed by atoms with Crippen LogP contribution in [0.5, 0.6) is 0 Å². The standard InChI is InChI=1S/C10H6ClF3N2O2.ClH/c11-7-1-5(10(12,13)14)3-16-4-6(2-8(17)18)15-9(7)16;/h1,3-4H,2H2,(H,17,18);1H. The summed E-state index contributed by atoms with van der Waals surface area (Å²) in [5.41, 5.74) is -0.677. The van der Waals surface area contributed by atoms with Crippen molar-refractivity contribution in [2.75, 3.05) is 0 Å². The fourth-order valence-electron chi connectivity index (χ4n) is 1.50. The van der Waals surface area contributed by atoms with Crippen LogP contribution in [0.15, 0.2) is 18.5 Å². The second-order valence-corrected chi connectivity index (χ2v) is 4.02. The molecule has 0 aliphatic rings. The summed E-state index contributed by atoms with van der Waals surface area (Å²) in [6.45, 7) is 0. The van der Waals surface area contributed by atoms with Crippen molar-refractivity contribution in [1.82, 2.24) is 9.38 Å². The number of carboxylic acids is 1. The lowest BCUT2D eigenvalue weighted by atomic mass is 10.3. The molecule has 104 valence electrons. The van der Waals surface area contributed by atoms with Crippen molar-refractivity contribution in [3.8, 4) is 0 Å². The molecule has 0 amide bonds. The molecule has 0 spiro atoms. The van der Waals surface area contributed by atoms with Crippen LogP contribution in [0.2, 0.25) is 5.02 Å². The third-order valence-electron chi connectivity index (χ3n) is 2.22. The zero-order chi connectivity index (χ0) is 13.5. The van der Waals surface area contributed by atoms with Crippen LogP contribution in [-0.2, 0) is 17.4 Å². The van der Waals surface area contributed by atoms with Gasteiger partial charge in [0.25, 0.3) is 0 Å². The van der Waals surface area contributed by atoms with Gasteiger partial charge in [-0.25, -0.2) is 4.98 Å². The van der Waals surface area contributed by atoms with Crippen molar-refractivity contribution in [3.05, 3.63) is 34.7 Å². The number of aliphatic carboxylic acids is 1. The van der Waals surface area contributed by atoms with E-state index < -0.39 is 17.7 Å². The number of alkyl halides is 3. The molecule has 2 heterocycles. The quantitative estimate of drug-likeness (QED) is 0.927. The van der Waals surface area contributed by atoms with E-state index in [1.165, 1.54) is 6.20 Å². The second kappa shape index (κ2) is 5.26. The average Bonchev–Trinajstić information content (AvgIpc) is 2.58. The van der Waals surface area contributed by atoms with E-state index in [9.17, 15) is 18.0 Å². The van der Waals surface area contributed by atoms with Gasteiger partial charge in [0, 0.05) is 12.4 Å². The van der Waals surface area contributed by atoms with Gasteiger partial charge in [-0.2, -0.15) is 13.2 Å². The molecular formula is C10H7Cl2F3N2O2. The normalized spacial score (nSPS) is 11.4. The first-order valence-corrected chi connectivity index (χ1v) is 5.11. The van der Waals surface area contributed by atoms with Gasteiger partial charge in [0.1, 0.15) is 0 Å². The van der Waals surface area contributed by atoms with Crippen molar-refractivity contribution in [2.45, 2.75) is 12.6 Å². The Hall–Kier alpha value is -1.47. The monoisotopic (exact) mass is 314 g/mol. The molecular weight excluding hydrogens is 308 g/mol. The number of aromatic nitrogens is 2. The Bertz CT molecular complexity index is 625. The minimum atomic E-state index is -4.52. The molecule has 0 aliphatic carbocycles. The number of pyridine rings is 1. The first-order valence-electron chi connectivity index (χ1n) is 4.73. The zero-order valence-electron chi connectivity index (χ0n) is 9.11. The van der Waals surface area contributed by atoms with Gasteiger partial charge in [0.05, 0.1) is 22.7 Å². The van der Waals surface area contributed by atoms with Gasteiger partial charge in [-0.1, -0.05) is 11.6 Å². The van der Waals surface area contributed by atoms with E-state index in [1.54, 1.807) is 0 Å². The largest absolute Gasteiger partial charge is 0.481 e. The topological polar surface area (TPSA) is 54.6 Å². The number of nitrogens with zero attached hydrogens (tertiary/aromatic N) is 2.